The van der Waals surface area contributed by atoms with Crippen molar-refractivity contribution in [1.82, 2.24) is 9.97 Å². The minimum atomic E-state index is -0.187. The van der Waals surface area contributed by atoms with Crippen molar-refractivity contribution in [2.24, 2.45) is 0 Å². The lowest BCUT2D eigenvalue weighted by molar-refractivity contribution is 0.670. The fourth-order valence-corrected chi connectivity index (χ4v) is 1.78. The summed E-state index contributed by atoms with van der Waals surface area (Å²) in [6.07, 6.45) is 3.16. The van der Waals surface area contributed by atoms with Gasteiger partial charge in [0, 0.05) is 11.9 Å². The van der Waals surface area contributed by atoms with Crippen molar-refractivity contribution >= 4 is 33.3 Å². The highest BCUT2D eigenvalue weighted by Crippen LogP contribution is 2.16. The van der Waals surface area contributed by atoms with E-state index < -0.39 is 0 Å². The summed E-state index contributed by atoms with van der Waals surface area (Å²) in [7, 11) is 0. The van der Waals surface area contributed by atoms with Gasteiger partial charge in [-0.1, -0.05) is 6.92 Å². The molecule has 0 aromatic carbocycles. The second-order valence-corrected chi connectivity index (χ2v) is 4.29. The summed E-state index contributed by atoms with van der Waals surface area (Å²) in [5.41, 5.74) is -0.187. The Bertz CT molecular complexity index is 369. The van der Waals surface area contributed by atoms with Gasteiger partial charge in [0.1, 0.15) is 10.3 Å². The van der Waals surface area contributed by atoms with Crippen molar-refractivity contribution in [2.45, 2.75) is 25.8 Å². The Morgan fingerprint density at radius 3 is 3.07 bits per heavy atom. The SMILES string of the molecule is CCC(CCCl)Nc1nc[nH]c(=O)c1Br. The maximum atomic E-state index is 11.3. The van der Waals surface area contributed by atoms with E-state index in [4.69, 9.17) is 11.6 Å². The minimum absolute atomic E-state index is 0.187. The van der Waals surface area contributed by atoms with E-state index in [0.29, 0.717) is 16.2 Å². The molecule has 0 saturated carbocycles. The summed E-state index contributed by atoms with van der Waals surface area (Å²) in [5.74, 6) is 1.16. The Hall–Kier alpha value is -0.550. The average Bonchev–Trinajstić information content (AvgIpc) is 2.24. The summed E-state index contributed by atoms with van der Waals surface area (Å²) >= 11 is 8.86. The van der Waals surface area contributed by atoms with Crippen molar-refractivity contribution in [3.63, 3.8) is 0 Å². The molecule has 1 aromatic heterocycles. The number of aromatic amines is 1. The molecular formula is C9H13BrClN3O. The first kappa shape index (κ1) is 12.5. The molecule has 1 rings (SSSR count). The lowest BCUT2D eigenvalue weighted by Crippen LogP contribution is -2.22. The zero-order valence-electron chi connectivity index (χ0n) is 8.39. The van der Waals surface area contributed by atoms with Gasteiger partial charge in [-0.25, -0.2) is 4.98 Å². The Morgan fingerprint density at radius 2 is 2.47 bits per heavy atom. The number of anilines is 1. The first-order valence-electron chi connectivity index (χ1n) is 4.74. The van der Waals surface area contributed by atoms with E-state index >= 15 is 0 Å². The number of alkyl halides is 1. The van der Waals surface area contributed by atoms with Crippen molar-refractivity contribution in [3.05, 3.63) is 21.2 Å². The molecule has 2 N–H and O–H groups in total. The van der Waals surface area contributed by atoms with Crippen LogP contribution in [0.25, 0.3) is 0 Å². The topological polar surface area (TPSA) is 57.8 Å². The molecule has 0 bridgehead atoms. The van der Waals surface area contributed by atoms with Gasteiger partial charge in [0.25, 0.3) is 5.56 Å². The normalized spacial score (nSPS) is 12.5. The van der Waals surface area contributed by atoms with Crippen molar-refractivity contribution in [2.75, 3.05) is 11.2 Å². The summed E-state index contributed by atoms with van der Waals surface area (Å²) in [6, 6.07) is 0.244. The summed E-state index contributed by atoms with van der Waals surface area (Å²) in [5, 5.41) is 3.18. The fraction of sp³-hybridized carbons (Fsp3) is 0.556. The molecule has 1 atom stereocenters. The molecule has 1 heterocycles. The van der Waals surface area contributed by atoms with Crippen LogP contribution in [-0.4, -0.2) is 21.9 Å². The third kappa shape index (κ3) is 3.50. The van der Waals surface area contributed by atoms with Crippen molar-refractivity contribution in [1.29, 1.82) is 0 Å². The van der Waals surface area contributed by atoms with Gasteiger partial charge in [-0.15, -0.1) is 11.6 Å². The van der Waals surface area contributed by atoms with Gasteiger partial charge in [-0.2, -0.15) is 0 Å². The predicted molar refractivity (Wildman–Crippen MR) is 65.6 cm³/mol. The summed E-state index contributed by atoms with van der Waals surface area (Å²) < 4.78 is 0.429. The molecule has 0 aliphatic heterocycles. The van der Waals surface area contributed by atoms with Crippen LogP contribution in [0.5, 0.6) is 0 Å². The standard InChI is InChI=1S/C9H13BrClN3O/c1-2-6(3-4-11)14-8-7(10)9(15)13-5-12-8/h5-6H,2-4H2,1H3,(H2,12,13,14,15). The van der Waals surface area contributed by atoms with Crippen LogP contribution in [0, 0.1) is 0 Å². The Balaban J connectivity index is 2.79. The number of aromatic nitrogens is 2. The maximum Gasteiger partial charge on any atom is 0.267 e. The highest BCUT2D eigenvalue weighted by atomic mass is 79.9. The second-order valence-electron chi connectivity index (χ2n) is 3.12. The molecule has 0 aliphatic rings. The average molecular weight is 295 g/mol. The molecular weight excluding hydrogens is 281 g/mol. The molecule has 0 amide bonds. The lowest BCUT2D eigenvalue weighted by Gasteiger charge is -2.16. The van der Waals surface area contributed by atoms with Crippen LogP contribution >= 0.6 is 27.5 Å². The number of rotatable bonds is 5. The first-order valence-corrected chi connectivity index (χ1v) is 6.07. The van der Waals surface area contributed by atoms with Crippen LogP contribution in [0.4, 0.5) is 5.82 Å². The quantitative estimate of drug-likeness (QED) is 0.820. The molecule has 0 spiro atoms. The molecule has 0 radical (unpaired) electrons. The van der Waals surface area contributed by atoms with E-state index in [1.54, 1.807) is 0 Å². The molecule has 84 valence electrons. The number of nitrogens with one attached hydrogen (secondary N) is 2. The largest absolute Gasteiger partial charge is 0.366 e. The number of nitrogens with zero attached hydrogens (tertiary/aromatic N) is 1. The van der Waals surface area contributed by atoms with Gasteiger partial charge < -0.3 is 10.3 Å². The van der Waals surface area contributed by atoms with Crippen LogP contribution < -0.4 is 10.9 Å². The smallest absolute Gasteiger partial charge is 0.267 e. The van der Waals surface area contributed by atoms with E-state index in [0.717, 1.165) is 12.8 Å². The highest BCUT2D eigenvalue weighted by molar-refractivity contribution is 9.10. The summed E-state index contributed by atoms with van der Waals surface area (Å²) in [4.78, 5) is 17.8. The van der Waals surface area contributed by atoms with Gasteiger partial charge in [0.15, 0.2) is 0 Å². The molecule has 0 fully saturated rings. The summed E-state index contributed by atoms with van der Waals surface area (Å²) in [6.45, 7) is 2.06. The van der Waals surface area contributed by atoms with E-state index in [1.807, 2.05) is 0 Å². The zero-order valence-corrected chi connectivity index (χ0v) is 10.7. The molecule has 15 heavy (non-hydrogen) atoms. The number of halogens is 2. The number of hydrogen-bond donors (Lipinski definition) is 2. The van der Waals surface area contributed by atoms with E-state index in [9.17, 15) is 4.79 Å². The number of H-pyrrole nitrogens is 1. The van der Waals surface area contributed by atoms with Gasteiger partial charge in [0.2, 0.25) is 0 Å². The van der Waals surface area contributed by atoms with Crippen LogP contribution in [0.2, 0.25) is 0 Å². The van der Waals surface area contributed by atoms with Gasteiger partial charge in [-0.05, 0) is 28.8 Å². The van der Waals surface area contributed by atoms with Crippen LogP contribution in [-0.2, 0) is 0 Å². The molecule has 6 heteroatoms. The number of hydrogen-bond acceptors (Lipinski definition) is 3. The first-order chi connectivity index (χ1) is 7.19. The Kier molecular flexibility index (Phi) is 5.11. The molecule has 0 aliphatic carbocycles. The second kappa shape index (κ2) is 6.12. The van der Waals surface area contributed by atoms with E-state index in [2.05, 4.69) is 38.1 Å². The molecule has 4 nitrogen and oxygen atoms in total. The molecule has 1 unspecified atom stereocenters. The molecule has 1 aromatic rings. The van der Waals surface area contributed by atoms with Gasteiger partial charge in [0.05, 0.1) is 6.33 Å². The predicted octanol–water partition coefficient (Wildman–Crippen LogP) is 2.35. The highest BCUT2D eigenvalue weighted by Gasteiger charge is 2.10. The van der Waals surface area contributed by atoms with Crippen molar-refractivity contribution < 1.29 is 0 Å². The van der Waals surface area contributed by atoms with Crippen molar-refractivity contribution in [3.8, 4) is 0 Å². The van der Waals surface area contributed by atoms with Crippen LogP contribution in [0.3, 0.4) is 0 Å². The monoisotopic (exact) mass is 293 g/mol. The fourth-order valence-electron chi connectivity index (χ4n) is 1.19. The lowest BCUT2D eigenvalue weighted by atomic mass is 10.2. The third-order valence-corrected chi connectivity index (χ3v) is 3.04. The molecule has 0 saturated heterocycles. The maximum absolute atomic E-state index is 11.3. The van der Waals surface area contributed by atoms with Gasteiger partial charge >= 0.3 is 0 Å². The zero-order chi connectivity index (χ0) is 11.3. The Morgan fingerprint density at radius 1 is 1.73 bits per heavy atom. The van der Waals surface area contributed by atoms with E-state index in [1.165, 1.54) is 6.33 Å². The van der Waals surface area contributed by atoms with Gasteiger partial charge in [-0.3, -0.25) is 4.79 Å². The van der Waals surface area contributed by atoms with Crippen LogP contribution in [0.1, 0.15) is 19.8 Å². The Labute approximate surface area is 102 Å². The minimum Gasteiger partial charge on any atom is -0.366 e. The third-order valence-electron chi connectivity index (χ3n) is 2.09. The van der Waals surface area contributed by atoms with Crippen LogP contribution in [0.15, 0.2) is 15.6 Å². The van der Waals surface area contributed by atoms with E-state index in [-0.39, 0.29) is 11.6 Å².